The Morgan fingerprint density at radius 1 is 1.38 bits per heavy atom. The topological polar surface area (TPSA) is 119 Å². The molecule has 0 heterocycles. The van der Waals surface area contributed by atoms with Crippen LogP contribution >= 0.6 is 7.60 Å². The molecule has 16 heavy (non-hydrogen) atoms. The average molecular weight is 268 g/mol. The molecule has 0 spiro atoms. The molecule has 0 fully saturated rings. The van der Waals surface area contributed by atoms with Crippen molar-refractivity contribution < 1.29 is 55.0 Å². The third-order valence-corrected chi connectivity index (χ3v) is 4.99. The van der Waals surface area contributed by atoms with Crippen LogP contribution in [0.15, 0.2) is 0 Å². The van der Waals surface area contributed by atoms with Gasteiger partial charge in [0.05, 0.1) is 7.11 Å². The minimum absolute atomic E-state index is 0. The maximum atomic E-state index is 11.1. The fraction of sp³-hybridized carbons (Fsp3) is 0.800. The second-order valence-electron chi connectivity index (χ2n) is 2.30. The molecule has 2 unspecified atom stereocenters. The predicted octanol–water partition coefficient (Wildman–Crippen LogP) is -3.99. The Kier molecular flexibility index (Phi) is 7.82. The minimum Gasteiger partial charge on any atom is -0.775 e. The van der Waals surface area contributed by atoms with Gasteiger partial charge < -0.3 is 18.7 Å². The minimum atomic E-state index is -4.88. The van der Waals surface area contributed by atoms with Crippen LogP contribution in [0, 0.1) is 0 Å². The van der Waals surface area contributed by atoms with Gasteiger partial charge in [-0.05, 0) is 0 Å². The van der Waals surface area contributed by atoms with Gasteiger partial charge in [-0.15, -0.1) is 0 Å². The first-order chi connectivity index (χ1) is 6.67. The van der Waals surface area contributed by atoms with Crippen LogP contribution in [0.4, 0.5) is 0 Å². The molecule has 90 valence electrons. The second kappa shape index (κ2) is 6.76. The zero-order chi connectivity index (χ0) is 12.3. The fourth-order valence-electron chi connectivity index (χ4n) is 0.592. The van der Waals surface area contributed by atoms with Crippen molar-refractivity contribution >= 4 is 23.7 Å². The van der Waals surface area contributed by atoms with Gasteiger partial charge in [0.15, 0.2) is 7.60 Å². The first kappa shape index (κ1) is 18.5. The largest absolute Gasteiger partial charge is 1.00 e. The molecule has 0 aromatic rings. The number of rotatable bonds is 5. The van der Waals surface area contributed by atoms with Gasteiger partial charge in [0.1, 0.15) is 0 Å². The molecule has 0 aromatic heterocycles. The van der Waals surface area contributed by atoms with Crippen molar-refractivity contribution in [3.63, 3.8) is 0 Å². The van der Waals surface area contributed by atoms with Crippen LogP contribution in [-0.4, -0.2) is 33.8 Å². The quantitative estimate of drug-likeness (QED) is 0.214. The number of carbonyl (C=O) groups is 1. The van der Waals surface area contributed by atoms with E-state index in [1.807, 2.05) is 0 Å². The van der Waals surface area contributed by atoms with E-state index in [0.717, 1.165) is 21.1 Å². The van der Waals surface area contributed by atoms with Crippen molar-refractivity contribution in [2.24, 2.45) is 0 Å². The van der Waals surface area contributed by atoms with Crippen molar-refractivity contribution in [1.29, 1.82) is 0 Å². The molecule has 0 aliphatic heterocycles. The van der Waals surface area contributed by atoms with Crippen molar-refractivity contribution in [2.75, 3.05) is 14.2 Å². The summed E-state index contributed by atoms with van der Waals surface area (Å²) in [6, 6.07) is 0. The smallest absolute Gasteiger partial charge is 0.775 e. The number of hydrogen-bond donors (Lipinski definition) is 0. The molecule has 0 saturated heterocycles. The summed E-state index contributed by atoms with van der Waals surface area (Å²) in [5.41, 5.74) is 0. The van der Waals surface area contributed by atoms with Crippen LogP contribution in [0.1, 0.15) is 6.92 Å². The van der Waals surface area contributed by atoms with Crippen molar-refractivity contribution in [2.45, 2.75) is 12.1 Å². The van der Waals surface area contributed by atoms with Gasteiger partial charge in [0, 0.05) is 14.0 Å². The SMILES string of the molecule is COP(=O)([O-])C(OC(C)=O)S(=O)(=O)OC.[Li+]. The van der Waals surface area contributed by atoms with Crippen LogP contribution in [0.25, 0.3) is 0 Å². The third kappa shape index (κ3) is 4.97. The Labute approximate surface area is 105 Å². The summed E-state index contributed by atoms with van der Waals surface area (Å²) in [5.74, 6) is -1.09. The molecule has 8 nitrogen and oxygen atoms in total. The van der Waals surface area contributed by atoms with Crippen LogP contribution in [0.2, 0.25) is 0 Å². The van der Waals surface area contributed by atoms with E-state index in [9.17, 15) is 22.7 Å². The first-order valence-corrected chi connectivity index (χ1v) is 6.59. The van der Waals surface area contributed by atoms with E-state index < -0.39 is 28.9 Å². The molecular weight excluding hydrogens is 258 g/mol. The molecule has 0 aliphatic carbocycles. The Morgan fingerprint density at radius 3 is 2.06 bits per heavy atom. The molecule has 0 amide bonds. The monoisotopic (exact) mass is 268 g/mol. The van der Waals surface area contributed by atoms with Crippen molar-refractivity contribution in [3.8, 4) is 0 Å². The van der Waals surface area contributed by atoms with Crippen molar-refractivity contribution in [1.82, 2.24) is 0 Å². The van der Waals surface area contributed by atoms with E-state index in [4.69, 9.17) is 0 Å². The van der Waals surface area contributed by atoms with Gasteiger partial charge in [0.25, 0.3) is 5.18 Å². The van der Waals surface area contributed by atoms with Crippen LogP contribution in [-0.2, 0) is 32.9 Å². The Bertz CT molecular complexity index is 378. The summed E-state index contributed by atoms with van der Waals surface area (Å²) in [7, 11) is -7.97. The van der Waals surface area contributed by atoms with E-state index in [0.29, 0.717) is 0 Å². The average Bonchev–Trinajstić information content (AvgIpc) is 2.13. The molecule has 2 atom stereocenters. The summed E-state index contributed by atoms with van der Waals surface area (Å²) in [4.78, 5) is 21.6. The molecule has 0 saturated carbocycles. The fourth-order valence-corrected chi connectivity index (χ4v) is 3.24. The van der Waals surface area contributed by atoms with Gasteiger partial charge in [-0.25, -0.2) is 0 Å². The van der Waals surface area contributed by atoms with Crippen molar-refractivity contribution in [3.05, 3.63) is 0 Å². The van der Waals surface area contributed by atoms with Gasteiger partial charge in [0.2, 0.25) is 0 Å². The maximum Gasteiger partial charge on any atom is 1.00 e. The summed E-state index contributed by atoms with van der Waals surface area (Å²) in [5, 5.41) is -2.49. The number of carbonyl (C=O) groups excluding carboxylic acids is 1. The van der Waals surface area contributed by atoms with Crippen LogP contribution < -0.4 is 23.8 Å². The summed E-state index contributed by atoms with van der Waals surface area (Å²) >= 11 is 0. The van der Waals surface area contributed by atoms with Gasteiger partial charge in [-0.2, -0.15) is 8.42 Å². The predicted molar refractivity (Wildman–Crippen MR) is 46.1 cm³/mol. The number of esters is 1. The normalized spacial score (nSPS) is 16.8. The van der Waals surface area contributed by atoms with E-state index in [1.54, 1.807) is 0 Å². The Morgan fingerprint density at radius 2 is 1.81 bits per heavy atom. The van der Waals surface area contributed by atoms with Gasteiger partial charge in [-0.3, -0.25) is 8.98 Å². The maximum absolute atomic E-state index is 11.1. The molecule has 0 aliphatic rings. The van der Waals surface area contributed by atoms with E-state index in [2.05, 4.69) is 13.4 Å². The molecule has 0 N–H and O–H groups in total. The zero-order valence-electron chi connectivity index (χ0n) is 9.20. The van der Waals surface area contributed by atoms with Gasteiger partial charge >= 0.3 is 34.9 Å². The van der Waals surface area contributed by atoms with Crippen LogP contribution in [0.3, 0.4) is 0 Å². The number of hydrogen-bond acceptors (Lipinski definition) is 8. The second-order valence-corrected chi connectivity index (χ2v) is 6.31. The van der Waals surface area contributed by atoms with Gasteiger partial charge in [-0.1, -0.05) is 0 Å². The van der Waals surface area contributed by atoms with E-state index >= 15 is 0 Å². The molecule has 11 heteroatoms. The Hall–Kier alpha value is 0.127. The standard InChI is InChI=1S/C5H11O8PS.Li/c1-4(6)13-5(14(7,8)11-2)15(9,10)12-3;/h5H,1-3H3,(H,7,8);/q;+1/p-1. The van der Waals surface area contributed by atoms with E-state index in [1.165, 1.54) is 0 Å². The summed E-state index contributed by atoms with van der Waals surface area (Å²) in [6.45, 7) is 0.855. The molecule has 0 radical (unpaired) electrons. The van der Waals surface area contributed by atoms with Crippen LogP contribution in [0.5, 0.6) is 0 Å². The number of ether oxygens (including phenoxy) is 1. The first-order valence-electron chi connectivity index (χ1n) is 3.50. The summed E-state index contributed by atoms with van der Waals surface area (Å²) in [6.07, 6.45) is 0. The molecule has 0 rings (SSSR count). The molecule has 0 aromatic carbocycles. The molecular formula is C5H10LiO8PS. The zero-order valence-corrected chi connectivity index (χ0v) is 10.9. The summed E-state index contributed by atoms with van der Waals surface area (Å²) < 4.78 is 45.3. The third-order valence-electron chi connectivity index (χ3n) is 1.26. The van der Waals surface area contributed by atoms with E-state index in [-0.39, 0.29) is 18.9 Å². The molecule has 0 bridgehead atoms. The Balaban J connectivity index is 0.